The molecule has 3 unspecified atom stereocenters. The topological polar surface area (TPSA) is 95.5 Å². The average Bonchev–Trinajstić information content (AvgIpc) is 2.61. The quantitative estimate of drug-likeness (QED) is 0.643. The number of Topliss-reactive ketones (excluding diaryl/α,β-unsaturated/α-hetero) is 1. The zero-order valence-corrected chi connectivity index (χ0v) is 15.5. The third kappa shape index (κ3) is 5.49. The predicted molar refractivity (Wildman–Crippen MR) is 102 cm³/mol. The number of carbonyl (C=O) groups is 3. The maximum absolute atomic E-state index is 13.1. The molecule has 0 fully saturated rings. The lowest BCUT2D eigenvalue weighted by Crippen LogP contribution is -2.48. The molecule has 3 N–H and O–H groups in total. The molecule has 0 aliphatic carbocycles. The Labute approximate surface area is 156 Å². The third-order valence-electron chi connectivity index (χ3n) is 3.87. The molecule has 7 heteroatoms. The van der Waals surface area contributed by atoms with Crippen molar-refractivity contribution in [3.05, 3.63) is 59.2 Å². The van der Waals surface area contributed by atoms with Gasteiger partial charge in [-0.15, -0.1) is 11.8 Å². The van der Waals surface area contributed by atoms with E-state index in [-0.39, 0.29) is 11.7 Å². The fraction of sp³-hybridized carbons (Fsp3) is 0.316. The molecular weight excluding hydrogens is 352 g/mol. The Morgan fingerprint density at radius 2 is 1.92 bits per heavy atom. The lowest BCUT2D eigenvalue weighted by Gasteiger charge is -2.27. The Balaban J connectivity index is 2.19. The lowest BCUT2D eigenvalue weighted by molar-refractivity contribution is -0.138. The maximum Gasteiger partial charge on any atom is 0.325 e. The average molecular weight is 374 g/mol. The molecule has 1 aromatic rings. The minimum atomic E-state index is -1.00. The monoisotopic (exact) mass is 374 g/mol. The molecule has 1 aliphatic heterocycles. The van der Waals surface area contributed by atoms with Crippen LogP contribution in [-0.2, 0) is 20.8 Å². The first-order chi connectivity index (χ1) is 12.4. The highest BCUT2D eigenvalue weighted by molar-refractivity contribution is 8.03. The second-order valence-corrected chi connectivity index (χ2v) is 7.03. The van der Waals surface area contributed by atoms with Crippen molar-refractivity contribution in [1.29, 1.82) is 0 Å². The normalized spacial score (nSPS) is 18.4. The number of hydrogen-bond acceptors (Lipinski definition) is 5. The summed E-state index contributed by atoms with van der Waals surface area (Å²) in [6, 6.07) is 7.93. The summed E-state index contributed by atoms with van der Waals surface area (Å²) in [4.78, 5) is 35.8. The highest BCUT2D eigenvalue weighted by atomic mass is 32.2. The molecule has 0 spiro atoms. The number of aliphatic carboxylic acids is 1. The fourth-order valence-corrected chi connectivity index (χ4v) is 3.50. The van der Waals surface area contributed by atoms with Crippen molar-refractivity contribution >= 4 is 29.4 Å². The van der Waals surface area contributed by atoms with Gasteiger partial charge in [0.25, 0.3) is 0 Å². The summed E-state index contributed by atoms with van der Waals surface area (Å²) in [5.41, 5.74) is 1.47. The highest BCUT2D eigenvalue weighted by Crippen LogP contribution is 2.26. The van der Waals surface area contributed by atoms with Gasteiger partial charge in [0.2, 0.25) is 5.91 Å². The predicted octanol–water partition coefficient (Wildman–Crippen LogP) is 1.88. The van der Waals surface area contributed by atoms with Crippen LogP contribution in [0.3, 0.4) is 0 Å². The van der Waals surface area contributed by atoms with E-state index in [1.165, 1.54) is 25.6 Å². The highest BCUT2D eigenvalue weighted by Gasteiger charge is 2.32. The molecule has 2 rings (SSSR count). The van der Waals surface area contributed by atoms with E-state index in [9.17, 15) is 14.4 Å². The van der Waals surface area contributed by atoms with Crippen LogP contribution in [0.25, 0.3) is 0 Å². The molecule has 0 saturated carbocycles. The van der Waals surface area contributed by atoms with Gasteiger partial charge in [0, 0.05) is 12.6 Å². The number of carboxylic acids is 1. The number of carboxylic acid groups (broad SMARTS) is 1. The summed E-state index contributed by atoms with van der Waals surface area (Å²) >= 11 is 1.29. The Morgan fingerprint density at radius 1 is 1.23 bits per heavy atom. The Hall–Kier alpha value is -2.54. The van der Waals surface area contributed by atoms with E-state index < -0.39 is 23.3 Å². The molecule has 1 amide bonds. The molecule has 0 saturated heterocycles. The van der Waals surface area contributed by atoms with Crippen LogP contribution < -0.4 is 10.6 Å². The first-order valence-electron chi connectivity index (χ1n) is 8.24. The van der Waals surface area contributed by atoms with Gasteiger partial charge in [-0.1, -0.05) is 36.4 Å². The third-order valence-corrected chi connectivity index (χ3v) is 4.94. The van der Waals surface area contributed by atoms with Gasteiger partial charge < -0.3 is 15.7 Å². The van der Waals surface area contributed by atoms with Crippen LogP contribution in [-0.4, -0.2) is 40.1 Å². The minimum Gasteiger partial charge on any atom is -0.480 e. The first kappa shape index (κ1) is 19.8. The van der Waals surface area contributed by atoms with Gasteiger partial charge in [0.15, 0.2) is 5.78 Å². The molecule has 1 aliphatic rings. The second kappa shape index (κ2) is 9.24. The summed E-state index contributed by atoms with van der Waals surface area (Å²) in [5, 5.41) is 15.9. The molecule has 138 valence electrons. The summed E-state index contributed by atoms with van der Waals surface area (Å²) < 4.78 is 0. The van der Waals surface area contributed by atoms with Crippen LogP contribution in [0.4, 0.5) is 0 Å². The lowest BCUT2D eigenvalue weighted by atomic mass is 9.98. The molecule has 0 bridgehead atoms. The van der Waals surface area contributed by atoms with Gasteiger partial charge in [-0.2, -0.15) is 0 Å². The number of nitrogens with one attached hydrogen (secondary N) is 2. The van der Waals surface area contributed by atoms with Crippen molar-refractivity contribution in [3.8, 4) is 0 Å². The van der Waals surface area contributed by atoms with Gasteiger partial charge in [0.1, 0.15) is 11.3 Å². The largest absolute Gasteiger partial charge is 0.480 e. The van der Waals surface area contributed by atoms with Crippen LogP contribution in [0, 0.1) is 0 Å². The van der Waals surface area contributed by atoms with Crippen LogP contribution >= 0.6 is 11.8 Å². The number of allylic oxidation sites excluding steroid dienone is 2. The van der Waals surface area contributed by atoms with Crippen molar-refractivity contribution < 1.29 is 19.5 Å². The van der Waals surface area contributed by atoms with Crippen LogP contribution in [0.5, 0.6) is 0 Å². The van der Waals surface area contributed by atoms with E-state index in [0.717, 1.165) is 5.56 Å². The molecule has 1 heterocycles. The van der Waals surface area contributed by atoms with E-state index >= 15 is 0 Å². The zero-order valence-electron chi connectivity index (χ0n) is 14.6. The molecule has 6 nitrogen and oxygen atoms in total. The van der Waals surface area contributed by atoms with Gasteiger partial charge in [-0.3, -0.25) is 14.4 Å². The molecule has 26 heavy (non-hydrogen) atoms. The van der Waals surface area contributed by atoms with Gasteiger partial charge in [-0.05, 0) is 30.4 Å². The number of hydrogen-bond donors (Lipinski definition) is 3. The van der Waals surface area contributed by atoms with Crippen LogP contribution in [0.1, 0.15) is 19.4 Å². The number of ketones is 1. The van der Waals surface area contributed by atoms with Crippen molar-refractivity contribution in [2.45, 2.75) is 37.6 Å². The minimum absolute atomic E-state index is 0.172. The molecular formula is C19H22N2O4S. The van der Waals surface area contributed by atoms with Crippen molar-refractivity contribution in [2.24, 2.45) is 0 Å². The Kier molecular flexibility index (Phi) is 7.03. The van der Waals surface area contributed by atoms with E-state index in [1.54, 1.807) is 17.6 Å². The molecule has 1 aromatic carbocycles. The standard InChI is InChI=1S/C19H22N2O4S/c1-12(19(24)25)20-15-9-6-10-26-18(15)17(23)16(21-13(2)22)11-14-7-4-3-5-8-14/h3-10,12,16,18,20H,11H2,1-2H3,(H,21,22)(H,24,25). The summed E-state index contributed by atoms with van der Waals surface area (Å²) in [7, 11) is 0. The number of amides is 1. The second-order valence-electron chi connectivity index (χ2n) is 6.02. The summed E-state index contributed by atoms with van der Waals surface area (Å²) in [6.07, 6.45) is 3.84. The SMILES string of the molecule is CC(=O)NC(Cc1ccccc1)C(=O)C1SC=CC=C1NC(C)C(=O)O. The van der Waals surface area contributed by atoms with Crippen molar-refractivity contribution in [3.63, 3.8) is 0 Å². The van der Waals surface area contributed by atoms with Gasteiger partial charge in [-0.25, -0.2) is 0 Å². The number of thioether (sulfide) groups is 1. The zero-order chi connectivity index (χ0) is 19.1. The van der Waals surface area contributed by atoms with Crippen molar-refractivity contribution in [2.75, 3.05) is 0 Å². The number of rotatable bonds is 8. The van der Waals surface area contributed by atoms with Crippen molar-refractivity contribution in [1.82, 2.24) is 10.6 Å². The molecule has 0 radical (unpaired) electrons. The van der Waals surface area contributed by atoms with E-state index in [0.29, 0.717) is 12.1 Å². The molecule has 3 atom stereocenters. The summed E-state index contributed by atoms with van der Waals surface area (Å²) in [6.45, 7) is 2.89. The van der Waals surface area contributed by atoms with E-state index in [1.807, 2.05) is 30.3 Å². The van der Waals surface area contributed by atoms with Gasteiger partial charge in [0.05, 0.1) is 6.04 Å². The Bertz CT molecular complexity index is 730. The summed E-state index contributed by atoms with van der Waals surface area (Å²) in [5.74, 6) is -1.46. The maximum atomic E-state index is 13.1. The fourth-order valence-electron chi connectivity index (χ4n) is 2.58. The van der Waals surface area contributed by atoms with Crippen LogP contribution in [0.15, 0.2) is 53.6 Å². The molecule has 0 aromatic heterocycles. The first-order valence-corrected chi connectivity index (χ1v) is 9.19. The van der Waals surface area contributed by atoms with Crippen LogP contribution in [0.2, 0.25) is 0 Å². The van der Waals surface area contributed by atoms with Gasteiger partial charge >= 0.3 is 5.97 Å². The number of benzene rings is 1. The smallest absolute Gasteiger partial charge is 0.325 e. The Morgan fingerprint density at radius 3 is 2.54 bits per heavy atom. The van der Waals surface area contributed by atoms with E-state index in [4.69, 9.17) is 5.11 Å². The number of carbonyl (C=O) groups excluding carboxylic acids is 2. The van der Waals surface area contributed by atoms with E-state index in [2.05, 4.69) is 10.6 Å².